The van der Waals surface area contributed by atoms with E-state index in [9.17, 15) is 9.90 Å². The molecule has 0 aromatic heterocycles. The third-order valence-electron chi connectivity index (χ3n) is 3.69. The molecule has 3 heteroatoms. The Morgan fingerprint density at radius 3 is 2.63 bits per heavy atom. The highest BCUT2D eigenvalue weighted by molar-refractivity contribution is 6.33. The Balaban J connectivity index is 2.10. The van der Waals surface area contributed by atoms with Crippen LogP contribution < -0.4 is 0 Å². The second-order valence-corrected chi connectivity index (χ2v) is 5.23. The van der Waals surface area contributed by atoms with Crippen molar-refractivity contribution in [2.75, 3.05) is 0 Å². The zero-order valence-corrected chi connectivity index (χ0v) is 11.0. The Morgan fingerprint density at radius 1 is 1.21 bits per heavy atom. The maximum Gasteiger partial charge on any atom is 0.310 e. The molecule has 0 saturated heterocycles. The zero-order valence-electron chi connectivity index (χ0n) is 10.3. The third kappa shape index (κ3) is 2.13. The first-order chi connectivity index (χ1) is 9.16. The molecule has 0 radical (unpaired) electrons. The molecule has 1 atom stereocenters. The lowest BCUT2D eigenvalue weighted by Crippen LogP contribution is -2.07. The highest BCUT2D eigenvalue weighted by atomic mass is 35.5. The number of carboxylic acids is 1. The lowest BCUT2D eigenvalue weighted by molar-refractivity contribution is -0.138. The molecule has 3 rings (SSSR count). The Bertz CT molecular complexity index is 635. The summed E-state index contributed by atoms with van der Waals surface area (Å²) in [6.07, 6.45) is 1.47. The average Bonchev–Trinajstić information content (AvgIpc) is 2.81. The zero-order chi connectivity index (χ0) is 13.4. The normalized spacial score (nSPS) is 17.2. The first kappa shape index (κ1) is 12.2. The molecule has 1 aliphatic carbocycles. The van der Waals surface area contributed by atoms with E-state index in [-0.39, 0.29) is 0 Å². The molecule has 2 aromatic carbocycles. The van der Waals surface area contributed by atoms with E-state index in [1.165, 1.54) is 0 Å². The van der Waals surface area contributed by atoms with Crippen molar-refractivity contribution in [2.24, 2.45) is 0 Å². The number of aliphatic carboxylic acids is 1. The monoisotopic (exact) mass is 272 g/mol. The van der Waals surface area contributed by atoms with E-state index in [2.05, 4.69) is 0 Å². The maximum atomic E-state index is 11.2. The van der Waals surface area contributed by atoms with Crippen LogP contribution in [-0.2, 0) is 11.2 Å². The number of halogens is 1. The molecule has 1 aliphatic rings. The molecule has 0 aliphatic heterocycles. The number of aryl methyl sites for hydroxylation is 1. The molecular formula is C16H13ClO2. The van der Waals surface area contributed by atoms with Crippen LogP contribution in [0.1, 0.15) is 23.5 Å². The summed E-state index contributed by atoms with van der Waals surface area (Å²) in [6, 6.07) is 13.8. The van der Waals surface area contributed by atoms with Crippen LogP contribution in [0.15, 0.2) is 42.5 Å². The van der Waals surface area contributed by atoms with Gasteiger partial charge in [-0.25, -0.2) is 0 Å². The fourth-order valence-corrected chi connectivity index (χ4v) is 3.01. The van der Waals surface area contributed by atoms with Gasteiger partial charge in [-0.3, -0.25) is 4.79 Å². The SMILES string of the molecule is O=C(O)C1CCc2cc(-c3ccccc3)c(Cl)cc21. The minimum Gasteiger partial charge on any atom is -0.481 e. The summed E-state index contributed by atoms with van der Waals surface area (Å²) in [6.45, 7) is 0. The summed E-state index contributed by atoms with van der Waals surface area (Å²) < 4.78 is 0. The van der Waals surface area contributed by atoms with Crippen LogP contribution in [0.25, 0.3) is 11.1 Å². The summed E-state index contributed by atoms with van der Waals surface area (Å²) in [4.78, 5) is 11.2. The number of carbonyl (C=O) groups is 1. The van der Waals surface area contributed by atoms with E-state index in [0.717, 1.165) is 28.7 Å². The van der Waals surface area contributed by atoms with E-state index in [1.54, 1.807) is 0 Å². The van der Waals surface area contributed by atoms with Gasteiger partial charge >= 0.3 is 5.97 Å². The van der Waals surface area contributed by atoms with Gasteiger partial charge in [0.2, 0.25) is 0 Å². The van der Waals surface area contributed by atoms with Gasteiger partial charge in [-0.1, -0.05) is 41.9 Å². The van der Waals surface area contributed by atoms with Gasteiger partial charge in [0.05, 0.1) is 5.92 Å². The second-order valence-electron chi connectivity index (χ2n) is 4.83. The van der Waals surface area contributed by atoms with Crippen molar-refractivity contribution >= 4 is 17.6 Å². The van der Waals surface area contributed by atoms with Crippen molar-refractivity contribution in [1.29, 1.82) is 0 Å². The number of benzene rings is 2. The summed E-state index contributed by atoms with van der Waals surface area (Å²) >= 11 is 6.32. The largest absolute Gasteiger partial charge is 0.481 e. The predicted molar refractivity (Wildman–Crippen MR) is 75.6 cm³/mol. The Morgan fingerprint density at radius 2 is 1.95 bits per heavy atom. The minimum absolute atomic E-state index is 0.405. The van der Waals surface area contributed by atoms with Gasteiger partial charge in [-0.2, -0.15) is 0 Å². The second kappa shape index (κ2) is 4.71. The number of fused-ring (bicyclic) bond motifs is 1. The fraction of sp³-hybridized carbons (Fsp3) is 0.188. The fourth-order valence-electron chi connectivity index (χ4n) is 2.73. The van der Waals surface area contributed by atoms with Crippen LogP contribution in [0.2, 0.25) is 5.02 Å². The molecular weight excluding hydrogens is 260 g/mol. The Kier molecular flexibility index (Phi) is 3.03. The molecule has 0 bridgehead atoms. The summed E-state index contributed by atoms with van der Waals surface area (Å²) in [5.74, 6) is -1.17. The van der Waals surface area contributed by atoms with E-state index in [4.69, 9.17) is 11.6 Å². The summed E-state index contributed by atoms with van der Waals surface area (Å²) in [5.41, 5.74) is 4.02. The molecule has 2 aromatic rings. The van der Waals surface area contributed by atoms with Gasteiger partial charge < -0.3 is 5.11 Å². The Hall–Kier alpha value is -1.80. The smallest absolute Gasteiger partial charge is 0.310 e. The van der Waals surface area contributed by atoms with Crippen LogP contribution in [-0.4, -0.2) is 11.1 Å². The molecule has 0 saturated carbocycles. The van der Waals surface area contributed by atoms with Crippen LogP contribution in [0.5, 0.6) is 0 Å². The Labute approximate surface area is 116 Å². The van der Waals surface area contributed by atoms with Crippen molar-refractivity contribution in [1.82, 2.24) is 0 Å². The van der Waals surface area contributed by atoms with Gasteiger partial charge in [0.15, 0.2) is 0 Å². The van der Waals surface area contributed by atoms with Crippen LogP contribution in [0.4, 0.5) is 0 Å². The number of hydrogen-bond donors (Lipinski definition) is 1. The lowest BCUT2D eigenvalue weighted by Gasteiger charge is -2.10. The average molecular weight is 273 g/mol. The van der Waals surface area contributed by atoms with Crippen molar-refractivity contribution in [3.05, 3.63) is 58.6 Å². The van der Waals surface area contributed by atoms with E-state index in [0.29, 0.717) is 11.4 Å². The van der Waals surface area contributed by atoms with E-state index in [1.807, 2.05) is 42.5 Å². The number of hydrogen-bond acceptors (Lipinski definition) is 1. The van der Waals surface area contributed by atoms with E-state index >= 15 is 0 Å². The van der Waals surface area contributed by atoms with Gasteiger partial charge in [0.25, 0.3) is 0 Å². The number of rotatable bonds is 2. The lowest BCUT2D eigenvalue weighted by atomic mass is 9.97. The standard InChI is InChI=1S/C16H13ClO2/c17-15-9-13-11(6-7-12(13)16(18)19)8-14(15)10-4-2-1-3-5-10/h1-5,8-9,12H,6-7H2,(H,18,19). The minimum atomic E-state index is -0.762. The molecule has 0 amide bonds. The van der Waals surface area contributed by atoms with Crippen molar-refractivity contribution in [2.45, 2.75) is 18.8 Å². The topological polar surface area (TPSA) is 37.3 Å². The first-order valence-corrected chi connectivity index (χ1v) is 6.65. The highest BCUT2D eigenvalue weighted by Crippen LogP contribution is 2.39. The van der Waals surface area contributed by atoms with Crippen LogP contribution >= 0.6 is 11.6 Å². The third-order valence-corrected chi connectivity index (χ3v) is 4.00. The van der Waals surface area contributed by atoms with Crippen molar-refractivity contribution in [3.8, 4) is 11.1 Å². The van der Waals surface area contributed by atoms with Crippen molar-refractivity contribution < 1.29 is 9.90 Å². The molecule has 1 N–H and O–H groups in total. The quantitative estimate of drug-likeness (QED) is 0.893. The van der Waals surface area contributed by atoms with Crippen molar-refractivity contribution in [3.63, 3.8) is 0 Å². The first-order valence-electron chi connectivity index (χ1n) is 6.27. The molecule has 0 heterocycles. The van der Waals surface area contributed by atoms with Gasteiger partial charge in [-0.15, -0.1) is 0 Å². The highest BCUT2D eigenvalue weighted by Gasteiger charge is 2.29. The number of carboxylic acid groups (broad SMARTS) is 1. The molecule has 19 heavy (non-hydrogen) atoms. The van der Waals surface area contributed by atoms with Crippen LogP contribution in [0.3, 0.4) is 0 Å². The molecule has 96 valence electrons. The van der Waals surface area contributed by atoms with E-state index < -0.39 is 11.9 Å². The molecule has 2 nitrogen and oxygen atoms in total. The van der Waals surface area contributed by atoms with Crippen LogP contribution in [0, 0.1) is 0 Å². The summed E-state index contributed by atoms with van der Waals surface area (Å²) in [5, 5.41) is 9.82. The molecule has 0 fully saturated rings. The van der Waals surface area contributed by atoms with Gasteiger partial charge in [0, 0.05) is 10.6 Å². The molecule has 0 spiro atoms. The van der Waals surface area contributed by atoms with Gasteiger partial charge in [0.1, 0.15) is 0 Å². The summed E-state index contributed by atoms with van der Waals surface area (Å²) in [7, 11) is 0. The molecule has 1 unspecified atom stereocenters. The maximum absolute atomic E-state index is 11.2. The van der Waals surface area contributed by atoms with Gasteiger partial charge in [-0.05, 0) is 41.7 Å². The predicted octanol–water partition coefficient (Wildman–Crippen LogP) is 4.12.